The van der Waals surface area contributed by atoms with Crippen molar-refractivity contribution in [2.75, 3.05) is 6.54 Å². The summed E-state index contributed by atoms with van der Waals surface area (Å²) in [6, 6.07) is 3.76. The molecule has 0 bridgehead atoms. The maximum absolute atomic E-state index is 12.6. The molecule has 120 valence electrons. The van der Waals surface area contributed by atoms with Gasteiger partial charge >= 0.3 is 0 Å². The van der Waals surface area contributed by atoms with E-state index in [0.29, 0.717) is 22.9 Å². The van der Waals surface area contributed by atoms with Crippen molar-refractivity contribution < 1.29 is 9.21 Å². The van der Waals surface area contributed by atoms with Crippen molar-refractivity contribution in [2.45, 2.75) is 46.1 Å². The van der Waals surface area contributed by atoms with Gasteiger partial charge in [0.25, 0.3) is 5.91 Å². The lowest BCUT2D eigenvalue weighted by Gasteiger charge is -2.31. The van der Waals surface area contributed by atoms with Crippen molar-refractivity contribution >= 4 is 17.2 Å². The first-order valence-electron chi connectivity index (χ1n) is 7.51. The van der Waals surface area contributed by atoms with E-state index in [2.05, 4.69) is 10.3 Å². The van der Waals surface area contributed by atoms with Gasteiger partial charge in [0.15, 0.2) is 10.8 Å². The first-order valence-corrected chi connectivity index (χ1v) is 8.33. The van der Waals surface area contributed by atoms with Crippen LogP contribution in [0.25, 0.3) is 10.8 Å². The van der Waals surface area contributed by atoms with Crippen LogP contribution in [0.15, 0.2) is 16.5 Å². The largest absolute Gasteiger partial charge is 0.459 e. The number of carbonyl (C=O) groups is 1. The molecule has 3 N–H and O–H groups in total. The molecule has 0 aliphatic carbocycles. The zero-order chi connectivity index (χ0) is 16.3. The van der Waals surface area contributed by atoms with E-state index >= 15 is 0 Å². The molecule has 0 radical (unpaired) electrons. The second-order valence-electron chi connectivity index (χ2n) is 5.49. The molecular weight excluding hydrogens is 298 g/mol. The van der Waals surface area contributed by atoms with Gasteiger partial charge in [-0.1, -0.05) is 13.8 Å². The van der Waals surface area contributed by atoms with Crippen molar-refractivity contribution in [3.05, 3.63) is 28.5 Å². The number of nitrogens with one attached hydrogen (secondary N) is 1. The zero-order valence-corrected chi connectivity index (χ0v) is 14.3. The highest BCUT2D eigenvalue weighted by Crippen LogP contribution is 2.29. The summed E-state index contributed by atoms with van der Waals surface area (Å²) in [4.78, 5) is 17.7. The molecule has 0 aliphatic rings. The molecule has 0 atom stereocenters. The molecule has 0 aliphatic heterocycles. The average molecular weight is 321 g/mol. The predicted octanol–water partition coefficient (Wildman–Crippen LogP) is 3.27. The predicted molar refractivity (Wildman–Crippen MR) is 89.1 cm³/mol. The minimum absolute atomic E-state index is 0.112. The molecule has 0 saturated heterocycles. The van der Waals surface area contributed by atoms with E-state index in [-0.39, 0.29) is 11.4 Å². The Labute approximate surface area is 134 Å². The number of amides is 1. The smallest absolute Gasteiger partial charge is 0.263 e. The topological polar surface area (TPSA) is 81.1 Å². The molecule has 0 saturated carbocycles. The van der Waals surface area contributed by atoms with E-state index in [4.69, 9.17) is 10.2 Å². The average Bonchev–Trinajstić information content (AvgIpc) is 3.11. The highest BCUT2D eigenvalue weighted by Gasteiger charge is 2.28. The van der Waals surface area contributed by atoms with Crippen LogP contribution in [0.3, 0.4) is 0 Å². The molecule has 5 nitrogen and oxygen atoms in total. The van der Waals surface area contributed by atoms with Crippen LogP contribution in [0.4, 0.5) is 0 Å². The fourth-order valence-corrected chi connectivity index (χ4v) is 3.25. The molecule has 2 aromatic rings. The van der Waals surface area contributed by atoms with Crippen LogP contribution in [-0.2, 0) is 0 Å². The Balaban J connectivity index is 2.26. The lowest BCUT2D eigenvalue weighted by Crippen LogP contribution is -2.52. The number of aryl methyl sites for hydroxylation is 2. The Morgan fingerprint density at radius 2 is 2.05 bits per heavy atom. The van der Waals surface area contributed by atoms with Crippen LogP contribution in [0, 0.1) is 13.8 Å². The molecule has 0 spiro atoms. The fraction of sp³-hybridized carbons (Fsp3) is 0.500. The molecule has 0 aromatic carbocycles. The van der Waals surface area contributed by atoms with Gasteiger partial charge in [0.05, 0.1) is 11.2 Å². The highest BCUT2D eigenvalue weighted by atomic mass is 32.1. The van der Waals surface area contributed by atoms with Crippen molar-refractivity contribution in [2.24, 2.45) is 5.73 Å². The summed E-state index contributed by atoms with van der Waals surface area (Å²) in [5.74, 6) is 1.41. The van der Waals surface area contributed by atoms with Crippen LogP contribution in [0.2, 0.25) is 0 Å². The quantitative estimate of drug-likeness (QED) is 0.855. The third-order valence-corrected chi connectivity index (χ3v) is 5.25. The van der Waals surface area contributed by atoms with Crippen molar-refractivity contribution in [1.82, 2.24) is 10.3 Å². The first kappa shape index (κ1) is 16.7. The normalized spacial score (nSPS) is 11.7. The second-order valence-corrected chi connectivity index (χ2v) is 6.49. The Morgan fingerprint density at radius 1 is 1.36 bits per heavy atom. The van der Waals surface area contributed by atoms with E-state index in [1.54, 1.807) is 0 Å². The van der Waals surface area contributed by atoms with Crippen LogP contribution in [-0.4, -0.2) is 23.0 Å². The van der Waals surface area contributed by atoms with Gasteiger partial charge in [0.1, 0.15) is 10.6 Å². The van der Waals surface area contributed by atoms with Crippen LogP contribution in [0.5, 0.6) is 0 Å². The Morgan fingerprint density at radius 3 is 2.55 bits per heavy atom. The summed E-state index contributed by atoms with van der Waals surface area (Å²) < 4.78 is 5.58. The molecule has 0 fully saturated rings. The van der Waals surface area contributed by atoms with Gasteiger partial charge in [-0.15, -0.1) is 11.3 Å². The van der Waals surface area contributed by atoms with Crippen molar-refractivity contribution in [1.29, 1.82) is 0 Å². The summed E-state index contributed by atoms with van der Waals surface area (Å²) in [5.41, 5.74) is 6.21. The number of aromatic nitrogens is 1. The summed E-state index contributed by atoms with van der Waals surface area (Å²) in [5, 5.41) is 3.81. The number of hydrogen-bond donors (Lipinski definition) is 2. The standard InChI is InChI=1S/C16H23N3O2S/c1-5-16(6-2,9-17)19-14(20)13-11(4)18-15(22-13)12-8-7-10(3)21-12/h7-8H,5-6,9,17H2,1-4H3,(H,19,20). The summed E-state index contributed by atoms with van der Waals surface area (Å²) >= 11 is 1.35. The molecule has 0 unspecified atom stereocenters. The molecule has 1 amide bonds. The molecule has 2 heterocycles. The number of hydrogen-bond acceptors (Lipinski definition) is 5. The van der Waals surface area contributed by atoms with E-state index in [1.807, 2.05) is 39.8 Å². The Hall–Kier alpha value is -1.66. The van der Waals surface area contributed by atoms with Gasteiger partial charge in [-0.3, -0.25) is 4.79 Å². The van der Waals surface area contributed by atoms with Crippen molar-refractivity contribution in [3.63, 3.8) is 0 Å². The van der Waals surface area contributed by atoms with E-state index < -0.39 is 0 Å². The lowest BCUT2D eigenvalue weighted by atomic mass is 9.93. The summed E-state index contributed by atoms with van der Waals surface area (Å²) in [6.07, 6.45) is 1.60. The van der Waals surface area contributed by atoms with Gasteiger partial charge in [0, 0.05) is 6.54 Å². The first-order chi connectivity index (χ1) is 10.4. The highest BCUT2D eigenvalue weighted by molar-refractivity contribution is 7.17. The lowest BCUT2D eigenvalue weighted by molar-refractivity contribution is 0.0898. The SMILES string of the molecule is CCC(CC)(CN)NC(=O)c1sc(-c2ccc(C)o2)nc1C. The van der Waals surface area contributed by atoms with Gasteiger partial charge in [-0.05, 0) is 38.8 Å². The van der Waals surface area contributed by atoms with Gasteiger partial charge in [0.2, 0.25) is 0 Å². The van der Waals surface area contributed by atoms with E-state index in [1.165, 1.54) is 11.3 Å². The molecular formula is C16H23N3O2S. The summed E-state index contributed by atoms with van der Waals surface area (Å²) in [7, 11) is 0. The zero-order valence-electron chi connectivity index (χ0n) is 13.5. The minimum Gasteiger partial charge on any atom is -0.459 e. The monoisotopic (exact) mass is 321 g/mol. The second kappa shape index (κ2) is 6.62. The van der Waals surface area contributed by atoms with E-state index in [9.17, 15) is 4.79 Å². The third kappa shape index (κ3) is 3.23. The minimum atomic E-state index is -0.352. The van der Waals surface area contributed by atoms with Crippen molar-refractivity contribution in [3.8, 4) is 10.8 Å². The number of thiazole rings is 1. The summed E-state index contributed by atoms with van der Waals surface area (Å²) in [6.45, 7) is 8.22. The maximum atomic E-state index is 12.6. The van der Waals surface area contributed by atoms with E-state index in [0.717, 1.165) is 23.6 Å². The fourth-order valence-electron chi connectivity index (χ4n) is 2.33. The number of furan rings is 1. The molecule has 2 rings (SSSR count). The molecule has 2 aromatic heterocycles. The number of nitrogens with two attached hydrogens (primary N) is 1. The maximum Gasteiger partial charge on any atom is 0.263 e. The van der Waals surface area contributed by atoms with Gasteiger partial charge < -0.3 is 15.5 Å². The van der Waals surface area contributed by atoms with Gasteiger partial charge in [-0.2, -0.15) is 0 Å². The number of nitrogens with zero attached hydrogens (tertiary/aromatic N) is 1. The molecule has 6 heteroatoms. The third-order valence-electron chi connectivity index (χ3n) is 4.08. The van der Waals surface area contributed by atoms with Gasteiger partial charge in [-0.25, -0.2) is 4.98 Å². The Kier molecular flexibility index (Phi) is 5.03. The molecule has 22 heavy (non-hydrogen) atoms. The number of carbonyl (C=O) groups excluding carboxylic acids is 1. The van der Waals surface area contributed by atoms with Crippen LogP contribution in [0.1, 0.15) is 47.8 Å². The van der Waals surface area contributed by atoms with Crippen LogP contribution >= 0.6 is 11.3 Å². The van der Waals surface area contributed by atoms with Crippen LogP contribution < -0.4 is 11.1 Å². The number of rotatable bonds is 6. The Bertz CT molecular complexity index is 648.